The first-order valence-electron chi connectivity index (χ1n) is 11.0. The van der Waals surface area contributed by atoms with Gasteiger partial charge in [0.25, 0.3) is 0 Å². The molecule has 0 bridgehead atoms. The van der Waals surface area contributed by atoms with E-state index in [-0.39, 0.29) is 5.78 Å². The fourth-order valence-corrected chi connectivity index (χ4v) is 3.68. The van der Waals surface area contributed by atoms with Crippen molar-refractivity contribution in [1.29, 1.82) is 0 Å². The molecule has 0 aromatic heterocycles. The van der Waals surface area contributed by atoms with Gasteiger partial charge in [-0.3, -0.25) is 4.79 Å². The van der Waals surface area contributed by atoms with Gasteiger partial charge in [-0.25, -0.2) is 0 Å². The lowest BCUT2D eigenvalue weighted by Gasteiger charge is -2.17. The fraction of sp³-hybridized carbons (Fsp3) is 0.500. The Morgan fingerprint density at radius 3 is 2.18 bits per heavy atom. The number of carbonyl (C=O) groups is 1. The van der Waals surface area contributed by atoms with E-state index in [4.69, 9.17) is 0 Å². The summed E-state index contributed by atoms with van der Waals surface area (Å²) in [5, 5.41) is 2.31. The summed E-state index contributed by atoms with van der Waals surface area (Å²) >= 11 is 0. The van der Waals surface area contributed by atoms with Crippen molar-refractivity contribution in [3.63, 3.8) is 0 Å². The molecular weight excluding hydrogens is 342 g/mol. The van der Waals surface area contributed by atoms with E-state index in [1.807, 2.05) is 18.2 Å². The summed E-state index contributed by atoms with van der Waals surface area (Å²) < 4.78 is 0. The molecule has 0 saturated carbocycles. The van der Waals surface area contributed by atoms with Gasteiger partial charge in [-0.05, 0) is 35.4 Å². The second kappa shape index (κ2) is 12.4. The quantitative estimate of drug-likeness (QED) is 0.192. The highest BCUT2D eigenvalue weighted by atomic mass is 16.1. The number of carbonyl (C=O) groups excluding carboxylic acids is 1. The average molecular weight is 380 g/mol. The normalized spacial score (nSPS) is 10.9. The first-order valence-corrected chi connectivity index (χ1v) is 11.0. The summed E-state index contributed by atoms with van der Waals surface area (Å²) in [7, 11) is 2.06. The van der Waals surface area contributed by atoms with E-state index in [2.05, 4.69) is 49.7 Å². The Labute approximate surface area is 171 Å². The zero-order valence-electron chi connectivity index (χ0n) is 17.9. The SMILES string of the molecule is C=CCN(C)c1ccc2cc(C(=O)CCCCCCCCCCC)ccc2c1. The molecule has 0 unspecified atom stereocenters. The summed E-state index contributed by atoms with van der Waals surface area (Å²) in [6, 6.07) is 12.5. The standard InChI is InChI=1S/C26H37NO/c1-4-6-7-8-9-10-11-12-13-14-26(28)24-16-15-23-21-25(27(3)19-5-2)18-17-22(23)20-24/h5,15-18,20-21H,2,4,6-14,19H2,1,3H3. The smallest absolute Gasteiger partial charge is 0.162 e. The van der Waals surface area contributed by atoms with Crippen LogP contribution in [0, 0.1) is 0 Å². The van der Waals surface area contributed by atoms with Gasteiger partial charge in [-0.2, -0.15) is 0 Å². The Morgan fingerprint density at radius 1 is 0.893 bits per heavy atom. The van der Waals surface area contributed by atoms with Crippen molar-refractivity contribution < 1.29 is 4.79 Å². The number of likely N-dealkylation sites (N-methyl/N-ethyl adjacent to an activating group) is 1. The lowest BCUT2D eigenvalue weighted by Crippen LogP contribution is -2.16. The average Bonchev–Trinajstić information content (AvgIpc) is 2.71. The van der Waals surface area contributed by atoms with Gasteiger partial charge < -0.3 is 4.90 Å². The van der Waals surface area contributed by atoms with Crippen LogP contribution in [0.3, 0.4) is 0 Å². The van der Waals surface area contributed by atoms with Gasteiger partial charge in [-0.1, -0.05) is 82.6 Å². The molecule has 0 N–H and O–H groups in total. The summed E-state index contributed by atoms with van der Waals surface area (Å²) in [6.45, 7) is 6.87. The monoisotopic (exact) mass is 379 g/mol. The number of hydrogen-bond acceptors (Lipinski definition) is 2. The molecule has 0 fully saturated rings. The maximum absolute atomic E-state index is 12.5. The van der Waals surface area contributed by atoms with E-state index in [9.17, 15) is 4.79 Å². The number of hydrogen-bond donors (Lipinski definition) is 0. The molecule has 0 aliphatic carbocycles. The summed E-state index contributed by atoms with van der Waals surface area (Å²) in [4.78, 5) is 14.7. The van der Waals surface area contributed by atoms with Crippen molar-refractivity contribution in [1.82, 2.24) is 0 Å². The topological polar surface area (TPSA) is 20.3 Å². The Morgan fingerprint density at radius 2 is 1.50 bits per heavy atom. The van der Waals surface area contributed by atoms with Crippen LogP contribution in [0.25, 0.3) is 10.8 Å². The van der Waals surface area contributed by atoms with Crippen LogP contribution in [-0.2, 0) is 0 Å². The van der Waals surface area contributed by atoms with Crippen LogP contribution in [0.1, 0.15) is 81.5 Å². The van der Waals surface area contributed by atoms with Crippen molar-refractivity contribution >= 4 is 22.2 Å². The molecule has 0 aliphatic heterocycles. The summed E-state index contributed by atoms with van der Waals surface area (Å²) in [5.74, 6) is 0.276. The van der Waals surface area contributed by atoms with Crippen LogP contribution >= 0.6 is 0 Å². The lowest BCUT2D eigenvalue weighted by molar-refractivity contribution is 0.0979. The highest BCUT2D eigenvalue weighted by Gasteiger charge is 2.08. The molecule has 152 valence electrons. The summed E-state index contributed by atoms with van der Waals surface area (Å²) in [6.07, 6.45) is 14.1. The number of rotatable bonds is 14. The molecule has 2 rings (SSSR count). The molecule has 0 spiro atoms. The van der Waals surface area contributed by atoms with E-state index >= 15 is 0 Å². The maximum Gasteiger partial charge on any atom is 0.162 e. The molecule has 0 radical (unpaired) electrons. The van der Waals surface area contributed by atoms with E-state index in [0.717, 1.165) is 23.9 Å². The number of ketones is 1. The first kappa shape index (κ1) is 22.2. The number of unbranched alkanes of at least 4 members (excludes halogenated alkanes) is 8. The van der Waals surface area contributed by atoms with Gasteiger partial charge in [0, 0.05) is 31.3 Å². The maximum atomic E-state index is 12.5. The van der Waals surface area contributed by atoms with Gasteiger partial charge in [0.1, 0.15) is 0 Å². The van der Waals surface area contributed by atoms with Crippen LogP contribution in [-0.4, -0.2) is 19.4 Å². The molecule has 28 heavy (non-hydrogen) atoms. The second-order valence-electron chi connectivity index (χ2n) is 7.92. The fourth-order valence-electron chi connectivity index (χ4n) is 3.68. The molecule has 0 saturated heterocycles. The van der Waals surface area contributed by atoms with Crippen molar-refractivity contribution in [2.45, 2.75) is 71.1 Å². The Balaban J connectivity index is 1.78. The van der Waals surface area contributed by atoms with E-state index < -0.39 is 0 Å². The van der Waals surface area contributed by atoms with Crippen LogP contribution in [0.4, 0.5) is 5.69 Å². The molecule has 2 aromatic rings. The zero-order valence-corrected chi connectivity index (χ0v) is 17.9. The minimum absolute atomic E-state index is 0.276. The third-order valence-electron chi connectivity index (χ3n) is 5.50. The predicted octanol–water partition coefficient (Wildman–Crippen LogP) is 7.57. The Hall–Kier alpha value is -2.09. The number of anilines is 1. The molecule has 0 aliphatic rings. The number of Topliss-reactive ketones (excluding diaryl/α,β-unsaturated/α-hetero) is 1. The van der Waals surface area contributed by atoms with Gasteiger partial charge in [0.2, 0.25) is 0 Å². The lowest BCUT2D eigenvalue weighted by atomic mass is 10.00. The molecule has 2 aromatic carbocycles. The van der Waals surface area contributed by atoms with Crippen molar-refractivity contribution in [3.05, 3.63) is 54.6 Å². The van der Waals surface area contributed by atoms with Crippen LogP contribution < -0.4 is 4.90 Å². The highest BCUT2D eigenvalue weighted by molar-refractivity contribution is 6.00. The molecule has 0 amide bonds. The Kier molecular flexibility index (Phi) is 9.82. The molecule has 0 atom stereocenters. The van der Waals surface area contributed by atoms with Gasteiger partial charge >= 0.3 is 0 Å². The number of benzene rings is 2. The minimum Gasteiger partial charge on any atom is -0.371 e. The predicted molar refractivity (Wildman–Crippen MR) is 124 cm³/mol. The molecule has 0 heterocycles. The van der Waals surface area contributed by atoms with Gasteiger partial charge in [0.05, 0.1) is 0 Å². The third-order valence-corrected chi connectivity index (χ3v) is 5.50. The minimum atomic E-state index is 0.276. The first-order chi connectivity index (χ1) is 13.7. The van der Waals surface area contributed by atoms with E-state index in [1.54, 1.807) is 0 Å². The molecular formula is C26H37NO. The zero-order chi connectivity index (χ0) is 20.2. The van der Waals surface area contributed by atoms with Crippen LogP contribution in [0.2, 0.25) is 0 Å². The molecule has 2 heteroatoms. The van der Waals surface area contributed by atoms with Crippen molar-refractivity contribution in [2.75, 3.05) is 18.5 Å². The highest BCUT2D eigenvalue weighted by Crippen LogP contribution is 2.23. The van der Waals surface area contributed by atoms with Crippen molar-refractivity contribution in [3.8, 4) is 0 Å². The van der Waals surface area contributed by atoms with Crippen LogP contribution in [0.5, 0.6) is 0 Å². The van der Waals surface area contributed by atoms with Crippen molar-refractivity contribution in [2.24, 2.45) is 0 Å². The largest absolute Gasteiger partial charge is 0.371 e. The van der Waals surface area contributed by atoms with E-state index in [0.29, 0.717) is 6.42 Å². The van der Waals surface area contributed by atoms with Crippen LogP contribution in [0.15, 0.2) is 49.1 Å². The number of nitrogens with zero attached hydrogens (tertiary/aromatic N) is 1. The number of fused-ring (bicyclic) bond motifs is 1. The third kappa shape index (κ3) is 7.14. The van der Waals surface area contributed by atoms with E-state index in [1.165, 1.54) is 62.4 Å². The summed E-state index contributed by atoms with van der Waals surface area (Å²) in [5.41, 5.74) is 2.01. The Bertz CT molecular complexity index is 749. The second-order valence-corrected chi connectivity index (χ2v) is 7.92. The van der Waals surface area contributed by atoms with Gasteiger partial charge in [0.15, 0.2) is 5.78 Å². The van der Waals surface area contributed by atoms with Gasteiger partial charge in [-0.15, -0.1) is 6.58 Å². The molecule has 2 nitrogen and oxygen atoms in total.